The van der Waals surface area contributed by atoms with Crippen LogP contribution in [0.1, 0.15) is 33.9 Å². The molecule has 0 spiro atoms. The first-order valence-corrected chi connectivity index (χ1v) is 14.0. The zero-order valence-corrected chi connectivity index (χ0v) is 22.0. The summed E-state index contributed by atoms with van der Waals surface area (Å²) < 4.78 is 83.3. The second kappa shape index (κ2) is 9.70. The number of rotatable bonds is 5. The Hall–Kier alpha value is -4.23. The molecule has 210 valence electrons. The maximum Gasteiger partial charge on any atom is 0.433 e. The van der Waals surface area contributed by atoms with Crippen LogP contribution in [-0.4, -0.2) is 51.3 Å². The highest BCUT2D eigenvalue weighted by Gasteiger charge is 2.51. The molecule has 3 aromatic heterocycles. The van der Waals surface area contributed by atoms with Gasteiger partial charge >= 0.3 is 6.18 Å². The summed E-state index contributed by atoms with van der Waals surface area (Å²) in [7, 11) is -4.50. The molecule has 4 aromatic rings. The average molecular weight is 584 g/mol. The molecule has 0 saturated carbocycles. The van der Waals surface area contributed by atoms with Crippen molar-refractivity contribution < 1.29 is 30.8 Å². The predicted octanol–water partition coefficient (Wildman–Crippen LogP) is 4.72. The van der Waals surface area contributed by atoms with Crippen LogP contribution in [0, 0.1) is 11.2 Å². The molecule has 4 heterocycles. The Morgan fingerprint density at radius 3 is 2.49 bits per heavy atom. The van der Waals surface area contributed by atoms with Gasteiger partial charge in [0, 0.05) is 19.3 Å². The Morgan fingerprint density at radius 1 is 1.00 bits per heavy atom. The fraction of sp³-hybridized carbons (Fsp3) is 0.214. The van der Waals surface area contributed by atoms with Crippen molar-refractivity contribution in [1.29, 1.82) is 0 Å². The number of piperidine rings is 1. The maximum absolute atomic E-state index is 14.1. The van der Waals surface area contributed by atoms with Crippen LogP contribution in [0.5, 0.6) is 0 Å². The average Bonchev–Trinajstić information content (AvgIpc) is 3.38. The van der Waals surface area contributed by atoms with E-state index in [1.54, 1.807) is 41.2 Å². The topological polar surface area (TPSA) is 98.0 Å². The van der Waals surface area contributed by atoms with Gasteiger partial charge in [0.2, 0.25) is 0 Å². The Labute approximate surface area is 232 Å². The lowest BCUT2D eigenvalue weighted by atomic mass is 9.65. The summed E-state index contributed by atoms with van der Waals surface area (Å²) in [6, 6.07) is 13.3. The van der Waals surface area contributed by atoms with Crippen LogP contribution < -0.4 is 0 Å². The summed E-state index contributed by atoms with van der Waals surface area (Å²) in [4.78, 5) is 21.7. The summed E-state index contributed by atoms with van der Waals surface area (Å²) in [6.07, 6.45) is 0.198. The van der Waals surface area contributed by atoms with Gasteiger partial charge in [0.25, 0.3) is 10.0 Å². The van der Waals surface area contributed by atoms with Crippen LogP contribution in [0.15, 0.2) is 83.7 Å². The third kappa shape index (κ3) is 4.64. The summed E-state index contributed by atoms with van der Waals surface area (Å²) in [5.74, 6) is -0.821. The number of hydrogen-bond acceptors (Lipinski definition) is 6. The van der Waals surface area contributed by atoms with Gasteiger partial charge in [-0.15, -0.1) is 0 Å². The molecule has 1 aliphatic heterocycles. The Balaban J connectivity index is 1.44. The van der Waals surface area contributed by atoms with Gasteiger partial charge < -0.3 is 0 Å². The van der Waals surface area contributed by atoms with Crippen molar-refractivity contribution >= 4 is 21.9 Å². The van der Waals surface area contributed by atoms with E-state index in [1.165, 1.54) is 24.4 Å². The van der Waals surface area contributed by atoms with Crippen molar-refractivity contribution in [1.82, 2.24) is 24.1 Å². The van der Waals surface area contributed by atoms with Crippen molar-refractivity contribution in [2.45, 2.75) is 24.0 Å². The zero-order valence-electron chi connectivity index (χ0n) is 21.2. The number of benzene rings is 1. The molecular formula is C28H21F4N5O3S. The lowest BCUT2D eigenvalue weighted by Gasteiger charge is -2.44. The highest BCUT2D eigenvalue weighted by molar-refractivity contribution is 7.89. The van der Waals surface area contributed by atoms with Gasteiger partial charge in [-0.05, 0) is 73.0 Å². The molecular weight excluding hydrogens is 562 g/mol. The number of sulfonamides is 1. The fourth-order valence-corrected chi connectivity index (χ4v) is 6.85. The smallest absolute Gasteiger partial charge is 0.291 e. The Bertz CT molecular complexity index is 1790. The molecule has 0 amide bonds. The summed E-state index contributed by atoms with van der Waals surface area (Å²) >= 11 is 0. The van der Waals surface area contributed by atoms with E-state index in [-0.39, 0.29) is 31.6 Å². The van der Waals surface area contributed by atoms with Crippen LogP contribution >= 0.6 is 0 Å². The molecule has 1 aliphatic carbocycles. The van der Waals surface area contributed by atoms with E-state index in [0.29, 0.717) is 28.6 Å². The number of halogens is 4. The molecule has 8 nitrogen and oxygen atoms in total. The van der Waals surface area contributed by atoms with Crippen molar-refractivity contribution in [2.24, 2.45) is 5.41 Å². The van der Waals surface area contributed by atoms with E-state index in [9.17, 15) is 30.8 Å². The predicted molar refractivity (Wildman–Crippen MR) is 139 cm³/mol. The SMILES string of the molecule is O=C(c1ccccn1)C12Cc3cnn(-c4ccc(F)cc4)c3C=C1CCN(S(=O)(=O)c1cccc(C(F)(F)F)n1)C2. The first-order valence-electron chi connectivity index (χ1n) is 12.5. The molecule has 0 bridgehead atoms. The minimum Gasteiger partial charge on any atom is -0.291 e. The number of aromatic nitrogens is 4. The summed E-state index contributed by atoms with van der Waals surface area (Å²) in [5.41, 5.74) is -0.0112. The number of Topliss-reactive ketones (excluding diaryl/α,β-unsaturated/α-hetero) is 1. The lowest BCUT2D eigenvalue weighted by molar-refractivity contribution is -0.141. The van der Waals surface area contributed by atoms with Gasteiger partial charge in [-0.2, -0.15) is 22.6 Å². The van der Waals surface area contributed by atoms with Crippen LogP contribution in [0.2, 0.25) is 0 Å². The first-order chi connectivity index (χ1) is 19.5. The second-order valence-electron chi connectivity index (χ2n) is 9.86. The number of carbonyl (C=O) groups is 1. The third-order valence-corrected chi connectivity index (χ3v) is 9.15. The number of hydrogen-bond donors (Lipinski definition) is 0. The molecule has 1 aromatic carbocycles. The lowest BCUT2D eigenvalue weighted by Crippen LogP contribution is -2.53. The van der Waals surface area contributed by atoms with Crippen LogP contribution in [0.25, 0.3) is 11.8 Å². The van der Waals surface area contributed by atoms with Gasteiger partial charge in [-0.25, -0.2) is 22.5 Å². The van der Waals surface area contributed by atoms with E-state index in [1.807, 2.05) is 0 Å². The second-order valence-corrected chi connectivity index (χ2v) is 11.7. The number of alkyl halides is 3. The standard InChI is InChI=1S/C28H21F4N5O3S/c29-20-7-9-21(10-8-20)37-23-14-19-11-13-36(41(39,40)25-6-3-5-24(35-25)28(30,31)32)17-27(19,15-18(23)16-34-37)26(38)22-4-1-2-12-33-22/h1-10,12,14,16H,11,13,15,17H2. The van der Waals surface area contributed by atoms with E-state index in [0.717, 1.165) is 16.4 Å². The largest absolute Gasteiger partial charge is 0.433 e. The van der Waals surface area contributed by atoms with Crippen LogP contribution in [0.4, 0.5) is 17.6 Å². The van der Waals surface area contributed by atoms with E-state index in [2.05, 4.69) is 15.1 Å². The molecule has 6 rings (SSSR count). The van der Waals surface area contributed by atoms with Gasteiger partial charge in [0.1, 0.15) is 17.2 Å². The molecule has 1 atom stereocenters. The van der Waals surface area contributed by atoms with Crippen LogP contribution in [-0.2, 0) is 22.6 Å². The van der Waals surface area contributed by atoms with Gasteiger partial charge in [-0.3, -0.25) is 9.78 Å². The normalized spacial score (nSPS) is 19.3. The maximum atomic E-state index is 14.1. The molecule has 41 heavy (non-hydrogen) atoms. The monoisotopic (exact) mass is 583 g/mol. The summed E-state index contributed by atoms with van der Waals surface area (Å²) in [5, 5.41) is 3.69. The minimum atomic E-state index is -4.83. The number of nitrogens with zero attached hydrogens (tertiary/aromatic N) is 5. The molecule has 2 aliphatic rings. The van der Waals surface area contributed by atoms with Gasteiger partial charge in [0.15, 0.2) is 10.8 Å². The third-order valence-electron chi connectivity index (χ3n) is 7.40. The summed E-state index contributed by atoms with van der Waals surface area (Å²) in [6.45, 7) is -0.404. The van der Waals surface area contributed by atoms with Crippen LogP contribution in [0.3, 0.4) is 0 Å². The number of pyridine rings is 2. The Morgan fingerprint density at radius 2 is 1.78 bits per heavy atom. The Kier molecular flexibility index (Phi) is 6.38. The molecule has 0 N–H and O–H groups in total. The number of fused-ring (bicyclic) bond motifs is 2. The molecule has 1 saturated heterocycles. The van der Waals surface area contributed by atoms with E-state index >= 15 is 0 Å². The highest BCUT2D eigenvalue weighted by Crippen LogP contribution is 2.47. The van der Waals surface area contributed by atoms with Gasteiger partial charge in [-0.1, -0.05) is 17.7 Å². The van der Waals surface area contributed by atoms with Crippen molar-refractivity contribution in [2.75, 3.05) is 13.1 Å². The zero-order chi connectivity index (χ0) is 29.0. The van der Waals surface area contributed by atoms with E-state index in [4.69, 9.17) is 0 Å². The molecule has 0 radical (unpaired) electrons. The molecule has 13 heteroatoms. The number of carbonyl (C=O) groups excluding carboxylic acids is 1. The van der Waals surface area contributed by atoms with Crippen molar-refractivity contribution in [3.63, 3.8) is 0 Å². The minimum absolute atomic E-state index is 0.0762. The highest BCUT2D eigenvalue weighted by atomic mass is 32.2. The molecule has 1 fully saturated rings. The fourth-order valence-electron chi connectivity index (χ4n) is 5.40. The van der Waals surface area contributed by atoms with Crippen molar-refractivity contribution in [3.8, 4) is 5.69 Å². The van der Waals surface area contributed by atoms with Crippen molar-refractivity contribution in [3.05, 3.63) is 107 Å². The first kappa shape index (κ1) is 27.0. The quantitative estimate of drug-likeness (QED) is 0.249. The number of ketones is 1. The van der Waals surface area contributed by atoms with E-state index < -0.39 is 43.9 Å². The molecule has 1 unspecified atom stereocenters. The van der Waals surface area contributed by atoms with Gasteiger partial charge in [0.05, 0.1) is 23.0 Å².